The zero-order chi connectivity index (χ0) is 20.4. The lowest BCUT2D eigenvalue weighted by Crippen LogP contribution is -2.28. The molecule has 146 valence electrons. The molecule has 2 amide bonds. The van der Waals surface area contributed by atoms with Crippen molar-refractivity contribution in [2.24, 2.45) is 5.92 Å². The van der Waals surface area contributed by atoms with Crippen LogP contribution in [0.5, 0.6) is 0 Å². The molecule has 0 bridgehead atoms. The molecule has 2 heterocycles. The predicted molar refractivity (Wildman–Crippen MR) is 97.8 cm³/mol. The third-order valence-corrected chi connectivity index (χ3v) is 5.07. The summed E-state index contributed by atoms with van der Waals surface area (Å²) in [6, 6.07) is 4.62. The maximum atomic E-state index is 13.5. The first-order valence-electron chi connectivity index (χ1n) is 8.02. The molecule has 1 aliphatic heterocycles. The van der Waals surface area contributed by atoms with E-state index in [1.54, 1.807) is 5.38 Å². The molecule has 1 N–H and O–H groups in total. The highest BCUT2D eigenvalue weighted by atomic mass is 32.1. The van der Waals surface area contributed by atoms with Gasteiger partial charge in [-0.2, -0.15) is 4.39 Å². The summed E-state index contributed by atoms with van der Waals surface area (Å²) >= 11 is 1.14. The van der Waals surface area contributed by atoms with Crippen LogP contribution < -0.4 is 10.2 Å². The van der Waals surface area contributed by atoms with E-state index in [0.717, 1.165) is 23.5 Å². The number of esters is 1. The molecule has 1 aliphatic rings. The summed E-state index contributed by atoms with van der Waals surface area (Å²) in [6.45, 7) is -0.0214. The molecule has 0 saturated carbocycles. The summed E-state index contributed by atoms with van der Waals surface area (Å²) in [5, 5.41) is 15.4. The van der Waals surface area contributed by atoms with Crippen LogP contribution in [0.25, 0.3) is 0 Å². The summed E-state index contributed by atoms with van der Waals surface area (Å²) in [5.74, 6) is -3.23. The van der Waals surface area contributed by atoms with Gasteiger partial charge in [0.15, 0.2) is 0 Å². The Labute approximate surface area is 161 Å². The molecular weight excluding hydrogens is 393 g/mol. The molecule has 1 saturated heterocycles. The number of anilines is 2. The van der Waals surface area contributed by atoms with Gasteiger partial charge in [-0.25, -0.2) is 4.79 Å². The van der Waals surface area contributed by atoms with Crippen molar-refractivity contribution in [3.05, 3.63) is 51.1 Å². The van der Waals surface area contributed by atoms with E-state index in [1.165, 1.54) is 24.1 Å². The molecule has 11 heteroatoms. The average Bonchev–Trinajstić information content (AvgIpc) is 3.28. The SMILES string of the molecule is COC(=O)c1ccsc1NC(=O)C1CC(=O)N(c2ccc(F)c([N+](=O)[O-])c2)C1. The van der Waals surface area contributed by atoms with Crippen molar-refractivity contribution in [3.8, 4) is 0 Å². The van der Waals surface area contributed by atoms with Gasteiger partial charge >= 0.3 is 11.7 Å². The molecule has 28 heavy (non-hydrogen) atoms. The van der Waals surface area contributed by atoms with Crippen molar-refractivity contribution in [1.82, 2.24) is 0 Å². The molecule has 1 aromatic carbocycles. The minimum absolute atomic E-state index is 0.0214. The molecule has 1 fully saturated rings. The molecule has 2 aromatic rings. The zero-order valence-electron chi connectivity index (χ0n) is 14.5. The second kappa shape index (κ2) is 7.72. The van der Waals surface area contributed by atoms with Gasteiger partial charge in [0.2, 0.25) is 17.6 Å². The standard InChI is InChI=1S/C17H14FN3O6S/c1-27-17(24)11-4-5-28-16(11)19-15(23)9-6-14(22)20(8-9)10-2-3-12(18)13(7-10)21(25)26/h2-5,7,9H,6,8H2,1H3,(H,19,23). The normalized spacial score (nSPS) is 16.1. The Kier molecular flexibility index (Phi) is 5.36. The Bertz CT molecular complexity index is 976. The van der Waals surface area contributed by atoms with E-state index in [1.807, 2.05) is 0 Å². The fraction of sp³-hybridized carbons (Fsp3) is 0.235. The molecule has 3 rings (SSSR count). The van der Waals surface area contributed by atoms with E-state index in [9.17, 15) is 28.9 Å². The molecule has 0 radical (unpaired) electrons. The Morgan fingerprint density at radius 2 is 2.14 bits per heavy atom. The molecular formula is C17H14FN3O6S. The summed E-state index contributed by atoms with van der Waals surface area (Å²) in [7, 11) is 1.22. The second-order valence-corrected chi connectivity index (χ2v) is 6.86. The Balaban J connectivity index is 1.75. The first-order chi connectivity index (χ1) is 13.3. The zero-order valence-corrected chi connectivity index (χ0v) is 15.3. The third kappa shape index (κ3) is 3.69. The van der Waals surface area contributed by atoms with E-state index in [-0.39, 0.29) is 24.2 Å². The van der Waals surface area contributed by atoms with Crippen molar-refractivity contribution < 1.29 is 28.4 Å². The van der Waals surface area contributed by atoms with Crippen LogP contribution in [0, 0.1) is 21.8 Å². The van der Waals surface area contributed by atoms with Gasteiger partial charge in [0, 0.05) is 19.0 Å². The van der Waals surface area contributed by atoms with Crippen LogP contribution in [0.4, 0.5) is 20.8 Å². The minimum Gasteiger partial charge on any atom is -0.465 e. The number of hydrogen-bond acceptors (Lipinski definition) is 7. The van der Waals surface area contributed by atoms with Crippen LogP contribution in [0.15, 0.2) is 29.6 Å². The topological polar surface area (TPSA) is 119 Å². The highest BCUT2D eigenvalue weighted by Gasteiger charge is 2.36. The number of benzene rings is 1. The lowest BCUT2D eigenvalue weighted by molar-refractivity contribution is -0.387. The van der Waals surface area contributed by atoms with Crippen molar-refractivity contribution in [3.63, 3.8) is 0 Å². The van der Waals surface area contributed by atoms with Crippen molar-refractivity contribution in [2.45, 2.75) is 6.42 Å². The quantitative estimate of drug-likeness (QED) is 0.462. The number of carbonyl (C=O) groups is 3. The number of hydrogen-bond donors (Lipinski definition) is 1. The number of methoxy groups -OCH3 is 1. The highest BCUT2D eigenvalue weighted by molar-refractivity contribution is 7.14. The van der Waals surface area contributed by atoms with Gasteiger partial charge < -0.3 is 15.0 Å². The molecule has 0 aliphatic carbocycles. The van der Waals surface area contributed by atoms with E-state index in [0.29, 0.717) is 5.00 Å². The van der Waals surface area contributed by atoms with Crippen LogP contribution >= 0.6 is 11.3 Å². The summed E-state index contributed by atoms with van der Waals surface area (Å²) in [4.78, 5) is 47.7. The van der Waals surface area contributed by atoms with E-state index in [4.69, 9.17) is 0 Å². The number of nitrogens with zero attached hydrogens (tertiary/aromatic N) is 2. The minimum atomic E-state index is -1.01. The third-order valence-electron chi connectivity index (χ3n) is 4.24. The second-order valence-electron chi connectivity index (χ2n) is 5.94. The summed E-state index contributed by atoms with van der Waals surface area (Å²) < 4.78 is 18.2. The molecule has 0 spiro atoms. The molecule has 1 atom stereocenters. The van der Waals surface area contributed by atoms with E-state index < -0.39 is 40.1 Å². The fourth-order valence-corrected chi connectivity index (χ4v) is 3.61. The largest absolute Gasteiger partial charge is 0.465 e. The molecule has 9 nitrogen and oxygen atoms in total. The highest BCUT2D eigenvalue weighted by Crippen LogP contribution is 2.31. The Morgan fingerprint density at radius 1 is 1.39 bits per heavy atom. The van der Waals surface area contributed by atoms with Gasteiger partial charge in [0.05, 0.1) is 29.2 Å². The van der Waals surface area contributed by atoms with Crippen LogP contribution in [0.2, 0.25) is 0 Å². The maximum Gasteiger partial charge on any atom is 0.340 e. The lowest BCUT2D eigenvalue weighted by atomic mass is 10.1. The number of amides is 2. The van der Waals surface area contributed by atoms with Gasteiger partial charge in [-0.05, 0) is 23.6 Å². The number of nitro benzene ring substituents is 1. The smallest absolute Gasteiger partial charge is 0.340 e. The molecule has 1 unspecified atom stereocenters. The Hall–Kier alpha value is -3.34. The number of thiophene rings is 1. The number of carbonyl (C=O) groups excluding carboxylic acids is 3. The summed E-state index contributed by atoms with van der Waals surface area (Å²) in [6.07, 6.45) is -0.115. The first kappa shape index (κ1) is 19.4. The van der Waals surface area contributed by atoms with Gasteiger partial charge in [0.1, 0.15) is 5.00 Å². The fourth-order valence-electron chi connectivity index (χ4n) is 2.83. The van der Waals surface area contributed by atoms with Gasteiger partial charge in [-0.3, -0.25) is 19.7 Å². The van der Waals surface area contributed by atoms with Gasteiger partial charge in [0.25, 0.3) is 0 Å². The lowest BCUT2D eigenvalue weighted by Gasteiger charge is -2.16. The maximum absolute atomic E-state index is 13.5. The first-order valence-corrected chi connectivity index (χ1v) is 8.90. The van der Waals surface area contributed by atoms with E-state index in [2.05, 4.69) is 10.1 Å². The van der Waals surface area contributed by atoms with Crippen molar-refractivity contribution in [1.29, 1.82) is 0 Å². The Morgan fingerprint density at radius 3 is 2.82 bits per heavy atom. The predicted octanol–water partition coefficient (Wildman–Crippen LogP) is 2.57. The van der Waals surface area contributed by atoms with Crippen molar-refractivity contribution in [2.75, 3.05) is 23.9 Å². The van der Waals surface area contributed by atoms with Gasteiger partial charge in [-0.1, -0.05) is 0 Å². The number of ether oxygens (including phenoxy) is 1. The number of rotatable bonds is 5. The number of nitro groups is 1. The monoisotopic (exact) mass is 407 g/mol. The van der Waals surface area contributed by atoms with Gasteiger partial charge in [-0.15, -0.1) is 11.3 Å². The van der Waals surface area contributed by atoms with Crippen molar-refractivity contribution >= 4 is 45.5 Å². The van der Waals surface area contributed by atoms with Crippen LogP contribution in [-0.2, 0) is 14.3 Å². The number of nitrogens with one attached hydrogen (secondary N) is 1. The van der Waals surface area contributed by atoms with Crippen LogP contribution in [0.1, 0.15) is 16.8 Å². The number of halogens is 1. The average molecular weight is 407 g/mol. The van der Waals surface area contributed by atoms with Crippen LogP contribution in [-0.4, -0.2) is 36.4 Å². The van der Waals surface area contributed by atoms with Crippen LogP contribution in [0.3, 0.4) is 0 Å². The molecule has 1 aromatic heterocycles. The van der Waals surface area contributed by atoms with E-state index >= 15 is 0 Å². The summed E-state index contributed by atoms with van der Waals surface area (Å²) in [5.41, 5.74) is -0.407.